The summed E-state index contributed by atoms with van der Waals surface area (Å²) in [6, 6.07) is 24.4. The van der Waals surface area contributed by atoms with Crippen molar-refractivity contribution >= 4 is 62.1 Å². The lowest BCUT2D eigenvalue weighted by atomic mass is 9.95. The molecule has 0 radical (unpaired) electrons. The summed E-state index contributed by atoms with van der Waals surface area (Å²) < 4.78 is 2.24. The van der Waals surface area contributed by atoms with Crippen LogP contribution < -0.4 is 14.8 Å². The first kappa shape index (κ1) is 23.2. The largest absolute Gasteiger partial charge is 0.313 e. The lowest BCUT2D eigenvalue weighted by Crippen LogP contribution is -2.37. The van der Waals surface area contributed by atoms with Crippen molar-refractivity contribution in [2.24, 2.45) is 5.92 Å². The van der Waals surface area contributed by atoms with E-state index in [-0.39, 0.29) is 10.0 Å². The summed E-state index contributed by atoms with van der Waals surface area (Å²) in [4.78, 5) is 47.8. The Labute approximate surface area is 223 Å². The first-order chi connectivity index (χ1) is 17.5. The average molecular weight is 583 g/mol. The second-order valence-corrected chi connectivity index (χ2v) is 10.6. The normalized spacial score (nSPS) is 21.3. The molecule has 2 aliphatic heterocycles. The Bertz CT molecular complexity index is 1520. The van der Waals surface area contributed by atoms with Gasteiger partial charge in [-0.25, -0.2) is 9.96 Å². The summed E-state index contributed by atoms with van der Waals surface area (Å²) in [5.74, 6) is -1.75. The summed E-state index contributed by atoms with van der Waals surface area (Å²) in [5.41, 5.74) is 1.72. The van der Waals surface area contributed by atoms with Gasteiger partial charge in [-0.1, -0.05) is 75.3 Å². The molecule has 2 aliphatic rings. The third-order valence-electron chi connectivity index (χ3n) is 6.27. The third kappa shape index (κ3) is 3.62. The predicted molar refractivity (Wildman–Crippen MR) is 142 cm³/mol. The molecule has 3 aromatic carbocycles. The van der Waals surface area contributed by atoms with Crippen molar-refractivity contribution in [2.75, 3.05) is 9.96 Å². The van der Waals surface area contributed by atoms with Crippen molar-refractivity contribution in [3.05, 3.63) is 109 Å². The summed E-state index contributed by atoms with van der Waals surface area (Å²) in [7, 11) is 0. The van der Waals surface area contributed by atoms with Gasteiger partial charge in [0, 0.05) is 4.47 Å². The number of aromatic nitrogens is 1. The maximum atomic E-state index is 13.8. The van der Waals surface area contributed by atoms with Crippen LogP contribution in [-0.4, -0.2) is 22.5 Å². The minimum absolute atomic E-state index is 0.189. The van der Waals surface area contributed by atoms with Crippen molar-refractivity contribution < 1.29 is 14.4 Å². The van der Waals surface area contributed by atoms with Gasteiger partial charge in [-0.2, -0.15) is 0 Å². The number of benzene rings is 3. The van der Waals surface area contributed by atoms with Gasteiger partial charge in [0.15, 0.2) is 6.10 Å². The molecule has 0 unspecified atom stereocenters. The zero-order valence-corrected chi connectivity index (χ0v) is 21.6. The van der Waals surface area contributed by atoms with Crippen LogP contribution >= 0.6 is 38.9 Å². The first-order valence-electron chi connectivity index (χ1n) is 11.1. The first-order valence-corrected chi connectivity index (χ1v) is 13.1. The predicted octanol–water partition coefficient (Wildman–Crippen LogP) is 5.37. The van der Waals surface area contributed by atoms with Gasteiger partial charge in [0.05, 0.1) is 21.9 Å². The van der Waals surface area contributed by atoms with Gasteiger partial charge in [-0.15, -0.1) is 0 Å². The number of para-hydroxylation sites is 2. The molecule has 2 fully saturated rings. The standard InChI is InChI=1S/C26H17BrClN3O4S/c27-15-11-13-17(14-12-15)30-24(32)19-20(31(35-21(19)25(30)33)18-9-5-2-6-10-18)22-23(28)29(26(34)36-22)16-7-3-1-4-8-16/h1-14,19-21H/t19-,20+,21-/m0/s1. The number of rotatable bonds is 4. The molecule has 3 heterocycles. The molecule has 2 amide bonds. The second kappa shape index (κ2) is 9.01. The Balaban J connectivity index is 1.48. The molecule has 0 saturated carbocycles. The van der Waals surface area contributed by atoms with Crippen molar-refractivity contribution in [3.8, 4) is 5.69 Å². The number of nitrogens with zero attached hydrogens (tertiary/aromatic N) is 3. The van der Waals surface area contributed by atoms with E-state index in [2.05, 4.69) is 15.9 Å². The van der Waals surface area contributed by atoms with E-state index in [1.165, 1.54) is 9.63 Å². The van der Waals surface area contributed by atoms with Crippen LogP contribution in [0.25, 0.3) is 5.69 Å². The van der Waals surface area contributed by atoms with Crippen molar-refractivity contribution in [2.45, 2.75) is 12.1 Å². The highest BCUT2D eigenvalue weighted by atomic mass is 79.9. The van der Waals surface area contributed by atoms with Crippen LogP contribution in [0.4, 0.5) is 11.4 Å². The SMILES string of the molecule is O=C1[C@@H]2[C@H](ON(c3ccccc3)[C@H]2c2sc(=O)n(-c3ccccc3)c2Cl)C(=O)N1c1ccc(Br)cc1. The molecule has 180 valence electrons. The number of hydrogen-bond acceptors (Lipinski definition) is 6. The molecule has 7 nitrogen and oxygen atoms in total. The maximum absolute atomic E-state index is 13.8. The quantitative estimate of drug-likeness (QED) is 0.303. The number of imide groups is 1. The van der Waals surface area contributed by atoms with Crippen molar-refractivity contribution in [1.82, 2.24) is 4.57 Å². The van der Waals surface area contributed by atoms with Crippen molar-refractivity contribution in [3.63, 3.8) is 0 Å². The molecule has 10 heteroatoms. The molecule has 0 aliphatic carbocycles. The highest BCUT2D eigenvalue weighted by Crippen LogP contribution is 2.50. The number of hydroxylamine groups is 1. The summed E-state index contributed by atoms with van der Waals surface area (Å²) in [6.07, 6.45) is -1.05. The lowest BCUT2D eigenvalue weighted by Gasteiger charge is -2.28. The maximum Gasteiger partial charge on any atom is 0.313 e. The highest BCUT2D eigenvalue weighted by Gasteiger charge is 2.61. The molecule has 6 rings (SSSR count). The fourth-order valence-electron chi connectivity index (χ4n) is 4.67. The number of amides is 2. The highest BCUT2D eigenvalue weighted by molar-refractivity contribution is 9.10. The number of hydrogen-bond donors (Lipinski definition) is 0. The topological polar surface area (TPSA) is 71.8 Å². The molecule has 2 saturated heterocycles. The van der Waals surface area contributed by atoms with E-state index in [0.717, 1.165) is 20.7 Å². The molecule has 1 aromatic heterocycles. The van der Waals surface area contributed by atoms with Crippen LogP contribution in [0.5, 0.6) is 0 Å². The van der Waals surface area contributed by atoms with Crippen LogP contribution in [0.2, 0.25) is 5.15 Å². The number of anilines is 2. The van der Waals surface area contributed by atoms with E-state index in [4.69, 9.17) is 16.4 Å². The van der Waals surface area contributed by atoms with Crippen LogP contribution in [0.15, 0.2) is 94.2 Å². The molecule has 3 atom stereocenters. The Morgan fingerprint density at radius 3 is 2.03 bits per heavy atom. The lowest BCUT2D eigenvalue weighted by molar-refractivity contribution is -0.126. The third-order valence-corrected chi connectivity index (χ3v) is 8.30. The minimum atomic E-state index is -1.05. The summed E-state index contributed by atoms with van der Waals surface area (Å²) >= 11 is 11.1. The molecule has 4 aromatic rings. The van der Waals surface area contributed by atoms with E-state index >= 15 is 0 Å². The van der Waals surface area contributed by atoms with E-state index in [0.29, 0.717) is 21.9 Å². The van der Waals surface area contributed by atoms with E-state index in [1.54, 1.807) is 36.4 Å². The van der Waals surface area contributed by atoms with Gasteiger partial charge in [-0.3, -0.25) is 23.8 Å². The summed E-state index contributed by atoms with van der Waals surface area (Å²) in [6.45, 7) is 0. The van der Waals surface area contributed by atoms with E-state index < -0.39 is 29.9 Å². The van der Waals surface area contributed by atoms with E-state index in [9.17, 15) is 14.4 Å². The van der Waals surface area contributed by atoms with Gasteiger partial charge in [0.25, 0.3) is 5.91 Å². The molecular weight excluding hydrogens is 566 g/mol. The molecule has 0 bridgehead atoms. The van der Waals surface area contributed by atoms with Crippen molar-refractivity contribution in [1.29, 1.82) is 0 Å². The van der Waals surface area contributed by atoms with Gasteiger partial charge in [0.1, 0.15) is 17.1 Å². The number of halogens is 2. The molecule has 36 heavy (non-hydrogen) atoms. The van der Waals surface area contributed by atoms with Gasteiger partial charge >= 0.3 is 4.87 Å². The van der Waals surface area contributed by atoms with Gasteiger partial charge in [-0.05, 0) is 48.5 Å². The van der Waals surface area contributed by atoms with Crippen LogP contribution in [0.3, 0.4) is 0 Å². The summed E-state index contributed by atoms with van der Waals surface area (Å²) in [5, 5.41) is 1.73. The monoisotopic (exact) mass is 581 g/mol. The Morgan fingerprint density at radius 1 is 0.778 bits per heavy atom. The Morgan fingerprint density at radius 2 is 1.39 bits per heavy atom. The zero-order valence-electron chi connectivity index (χ0n) is 18.5. The average Bonchev–Trinajstić information content (AvgIpc) is 3.50. The number of carbonyl (C=O) groups excluding carboxylic acids is 2. The fourth-order valence-corrected chi connectivity index (χ4v) is 6.41. The van der Waals surface area contributed by atoms with Crippen LogP contribution in [-0.2, 0) is 14.4 Å². The second-order valence-electron chi connectivity index (χ2n) is 8.34. The molecular formula is C26H17BrClN3O4S. The Kier molecular flexibility index (Phi) is 5.80. The smallest absolute Gasteiger partial charge is 0.273 e. The number of carbonyl (C=O) groups is 2. The Hall–Kier alpha value is -3.24. The molecule has 0 spiro atoms. The fraction of sp³-hybridized carbons (Fsp3) is 0.115. The molecule has 0 N–H and O–H groups in total. The van der Waals surface area contributed by atoms with Gasteiger partial charge in [0.2, 0.25) is 5.91 Å². The van der Waals surface area contributed by atoms with E-state index in [1.807, 2.05) is 48.5 Å². The van der Waals surface area contributed by atoms with Crippen LogP contribution in [0.1, 0.15) is 10.9 Å². The minimum Gasteiger partial charge on any atom is -0.273 e. The number of fused-ring (bicyclic) bond motifs is 1. The van der Waals surface area contributed by atoms with Crippen LogP contribution in [0, 0.1) is 5.92 Å². The zero-order chi connectivity index (χ0) is 25.0. The van der Waals surface area contributed by atoms with Gasteiger partial charge < -0.3 is 0 Å². The number of thiazole rings is 1.